The molecule has 1 unspecified atom stereocenters. The lowest BCUT2D eigenvalue weighted by molar-refractivity contribution is 0.183. The van der Waals surface area contributed by atoms with E-state index >= 15 is 0 Å². The minimum absolute atomic E-state index is 0.238. The summed E-state index contributed by atoms with van der Waals surface area (Å²) in [6.07, 6.45) is 0. The van der Waals surface area contributed by atoms with Gasteiger partial charge in [0.25, 0.3) is 5.89 Å². The van der Waals surface area contributed by atoms with Crippen molar-refractivity contribution in [2.75, 3.05) is 26.9 Å². The number of methoxy groups -OCH3 is 1. The van der Waals surface area contributed by atoms with Crippen molar-refractivity contribution in [3.8, 4) is 17.1 Å². The molecule has 8 heteroatoms. The average molecular weight is 465 g/mol. The minimum atomic E-state index is -0.238. The quantitative estimate of drug-likeness (QED) is 0.479. The monoisotopic (exact) mass is 464 g/mol. The van der Waals surface area contributed by atoms with Crippen LogP contribution in [0.3, 0.4) is 0 Å². The summed E-state index contributed by atoms with van der Waals surface area (Å²) in [6.45, 7) is 7.81. The van der Waals surface area contributed by atoms with Gasteiger partial charge in [0.15, 0.2) is 5.11 Å². The summed E-state index contributed by atoms with van der Waals surface area (Å²) in [5.41, 5.74) is 4.91. The van der Waals surface area contributed by atoms with Crippen molar-refractivity contribution in [2.24, 2.45) is 0 Å². The van der Waals surface area contributed by atoms with E-state index in [1.54, 1.807) is 7.11 Å². The Morgan fingerprint density at radius 1 is 1.15 bits per heavy atom. The number of aryl methyl sites for hydroxylation is 1. The molecule has 0 saturated heterocycles. The summed E-state index contributed by atoms with van der Waals surface area (Å²) in [5.74, 6) is 1.83. The van der Waals surface area contributed by atoms with Crippen molar-refractivity contribution in [2.45, 2.75) is 26.8 Å². The third-order valence-corrected chi connectivity index (χ3v) is 5.91. The van der Waals surface area contributed by atoms with Gasteiger partial charge in [0.05, 0.1) is 24.8 Å². The summed E-state index contributed by atoms with van der Waals surface area (Å²) in [4.78, 5) is 6.77. The van der Waals surface area contributed by atoms with Crippen LogP contribution in [0, 0.1) is 6.92 Å². The van der Waals surface area contributed by atoms with Gasteiger partial charge in [-0.05, 0) is 56.8 Å². The molecule has 0 saturated carbocycles. The van der Waals surface area contributed by atoms with Crippen LogP contribution < -0.4 is 10.1 Å². The Morgan fingerprint density at radius 3 is 2.64 bits per heavy atom. The van der Waals surface area contributed by atoms with Gasteiger partial charge < -0.3 is 24.2 Å². The van der Waals surface area contributed by atoms with E-state index in [9.17, 15) is 0 Å². The molecule has 0 radical (unpaired) electrons. The van der Waals surface area contributed by atoms with Crippen LogP contribution in [0.1, 0.15) is 36.9 Å². The summed E-state index contributed by atoms with van der Waals surface area (Å²) >= 11 is 5.69. The lowest BCUT2D eigenvalue weighted by atomic mass is 9.94. The molecular formula is C25H28N4O3S. The van der Waals surface area contributed by atoms with Crippen LogP contribution in [0.15, 0.2) is 58.8 Å². The fourth-order valence-corrected chi connectivity index (χ4v) is 4.26. The fourth-order valence-electron chi connectivity index (χ4n) is 3.92. The third-order valence-electron chi connectivity index (χ3n) is 5.57. The molecule has 2 heterocycles. The second-order valence-corrected chi connectivity index (χ2v) is 8.21. The molecule has 3 aromatic rings. The number of nitrogens with zero attached hydrogens (tertiary/aromatic N) is 3. The highest BCUT2D eigenvalue weighted by Gasteiger charge is 2.34. The van der Waals surface area contributed by atoms with Crippen LogP contribution in [0.4, 0.5) is 0 Å². The molecule has 0 spiro atoms. The van der Waals surface area contributed by atoms with Crippen LogP contribution in [0.25, 0.3) is 17.0 Å². The zero-order chi connectivity index (χ0) is 23.4. The van der Waals surface area contributed by atoms with Crippen LogP contribution >= 0.6 is 12.2 Å². The zero-order valence-electron chi connectivity index (χ0n) is 19.3. The molecule has 2 aromatic carbocycles. The van der Waals surface area contributed by atoms with E-state index < -0.39 is 0 Å². The molecule has 4 rings (SSSR count). The normalized spacial score (nSPS) is 16.2. The molecule has 0 aliphatic carbocycles. The third kappa shape index (κ3) is 4.91. The molecule has 1 aliphatic rings. The van der Waals surface area contributed by atoms with Crippen molar-refractivity contribution in [1.82, 2.24) is 20.4 Å². The highest BCUT2D eigenvalue weighted by molar-refractivity contribution is 7.80. The maximum absolute atomic E-state index is 5.79. The lowest BCUT2D eigenvalue weighted by Crippen LogP contribution is -2.47. The Labute approximate surface area is 199 Å². The number of rotatable bonds is 8. The summed E-state index contributed by atoms with van der Waals surface area (Å²) in [7, 11) is 1.68. The molecule has 0 bridgehead atoms. The van der Waals surface area contributed by atoms with Crippen LogP contribution in [-0.2, 0) is 4.74 Å². The molecular weight excluding hydrogens is 436 g/mol. The number of aromatic nitrogens is 2. The standard InChI is InChI=1S/C25H28N4O3S/c1-5-31-20-11-9-18(10-12-20)22-21(17(3)29(13-14-30-4)25(33)26-22)24-27-23(28-32-24)19-8-6-7-16(2)15-19/h6-12,15,22H,5,13-14H2,1-4H3,(H,26,33). The maximum Gasteiger partial charge on any atom is 0.258 e. The van der Waals surface area contributed by atoms with Crippen molar-refractivity contribution >= 4 is 22.9 Å². The number of thiocarbonyl (C=S) groups is 1. The van der Waals surface area contributed by atoms with Crippen molar-refractivity contribution in [3.05, 3.63) is 71.2 Å². The first-order valence-electron chi connectivity index (χ1n) is 10.9. The zero-order valence-corrected chi connectivity index (χ0v) is 20.1. The first-order chi connectivity index (χ1) is 16.0. The molecule has 1 aromatic heterocycles. The Kier molecular flexibility index (Phi) is 7.05. The first kappa shape index (κ1) is 22.9. The molecule has 33 heavy (non-hydrogen) atoms. The number of benzene rings is 2. The van der Waals surface area contributed by atoms with Crippen molar-refractivity contribution < 1.29 is 14.0 Å². The van der Waals surface area contributed by atoms with E-state index in [1.165, 1.54) is 0 Å². The van der Waals surface area contributed by atoms with E-state index in [2.05, 4.69) is 10.5 Å². The van der Waals surface area contributed by atoms with Gasteiger partial charge in [-0.1, -0.05) is 41.1 Å². The van der Waals surface area contributed by atoms with Gasteiger partial charge in [-0.15, -0.1) is 0 Å². The Bertz CT molecular complexity index is 1160. The minimum Gasteiger partial charge on any atom is -0.494 e. The number of hydrogen-bond donors (Lipinski definition) is 1. The van der Waals surface area contributed by atoms with Crippen LogP contribution in [-0.4, -0.2) is 47.0 Å². The summed E-state index contributed by atoms with van der Waals surface area (Å²) < 4.78 is 16.7. The smallest absolute Gasteiger partial charge is 0.258 e. The number of ether oxygens (including phenoxy) is 2. The summed E-state index contributed by atoms with van der Waals surface area (Å²) in [6, 6.07) is 15.8. The van der Waals surface area contributed by atoms with Gasteiger partial charge in [0, 0.05) is 24.9 Å². The summed E-state index contributed by atoms with van der Waals surface area (Å²) in [5, 5.41) is 8.35. The van der Waals surface area contributed by atoms with Gasteiger partial charge in [-0.25, -0.2) is 0 Å². The molecule has 0 fully saturated rings. The van der Waals surface area contributed by atoms with E-state index in [-0.39, 0.29) is 6.04 Å². The van der Waals surface area contributed by atoms with Gasteiger partial charge in [0.2, 0.25) is 5.82 Å². The number of hydrogen-bond acceptors (Lipinski definition) is 6. The molecule has 1 aliphatic heterocycles. The largest absolute Gasteiger partial charge is 0.494 e. The van der Waals surface area contributed by atoms with Crippen molar-refractivity contribution in [1.29, 1.82) is 0 Å². The van der Waals surface area contributed by atoms with Crippen LogP contribution in [0.5, 0.6) is 5.75 Å². The van der Waals surface area contributed by atoms with Gasteiger partial charge in [-0.2, -0.15) is 4.98 Å². The highest BCUT2D eigenvalue weighted by Crippen LogP contribution is 2.37. The maximum atomic E-state index is 5.79. The Hall–Kier alpha value is -3.23. The van der Waals surface area contributed by atoms with Crippen LogP contribution in [0.2, 0.25) is 0 Å². The Balaban J connectivity index is 1.76. The second-order valence-electron chi connectivity index (χ2n) is 7.82. The average Bonchev–Trinajstić information content (AvgIpc) is 3.29. The number of allylic oxidation sites excluding steroid dienone is 1. The number of nitrogens with one attached hydrogen (secondary N) is 1. The van der Waals surface area contributed by atoms with E-state index in [4.69, 9.17) is 31.2 Å². The topological polar surface area (TPSA) is 72.7 Å². The Morgan fingerprint density at radius 2 is 1.94 bits per heavy atom. The second kappa shape index (κ2) is 10.1. The molecule has 7 nitrogen and oxygen atoms in total. The van der Waals surface area contributed by atoms with E-state index in [0.717, 1.165) is 33.7 Å². The fraction of sp³-hybridized carbons (Fsp3) is 0.320. The van der Waals surface area contributed by atoms with Gasteiger partial charge >= 0.3 is 0 Å². The first-order valence-corrected chi connectivity index (χ1v) is 11.3. The van der Waals surface area contributed by atoms with Gasteiger partial charge in [-0.3, -0.25) is 0 Å². The van der Waals surface area contributed by atoms with Gasteiger partial charge in [0.1, 0.15) is 5.75 Å². The van der Waals surface area contributed by atoms with E-state index in [1.807, 2.05) is 74.2 Å². The van der Waals surface area contributed by atoms with Crippen molar-refractivity contribution in [3.63, 3.8) is 0 Å². The lowest BCUT2D eigenvalue weighted by Gasteiger charge is -2.37. The molecule has 1 N–H and O–H groups in total. The molecule has 1 atom stereocenters. The predicted octanol–water partition coefficient (Wildman–Crippen LogP) is 4.75. The SMILES string of the molecule is CCOc1ccc(C2NC(=S)N(CCOC)C(C)=C2c2nc(-c3cccc(C)c3)no2)cc1. The predicted molar refractivity (Wildman–Crippen MR) is 132 cm³/mol. The molecule has 0 amide bonds. The highest BCUT2D eigenvalue weighted by atomic mass is 32.1. The van der Waals surface area contributed by atoms with E-state index in [0.29, 0.717) is 36.6 Å². The molecule has 172 valence electrons.